The number of amides is 3. The van der Waals surface area contributed by atoms with E-state index in [1.54, 1.807) is 48.7 Å². The number of nitrogens with zero attached hydrogens (tertiary/aromatic N) is 2. The molecule has 0 aliphatic carbocycles. The predicted octanol–water partition coefficient (Wildman–Crippen LogP) is 4.55. The molecule has 0 saturated carbocycles. The van der Waals surface area contributed by atoms with Crippen molar-refractivity contribution in [3.8, 4) is 0 Å². The van der Waals surface area contributed by atoms with Gasteiger partial charge in [0.05, 0.1) is 17.3 Å². The van der Waals surface area contributed by atoms with E-state index in [1.807, 2.05) is 12.1 Å². The van der Waals surface area contributed by atoms with Crippen LogP contribution in [0.15, 0.2) is 71.4 Å². The van der Waals surface area contributed by atoms with Crippen LogP contribution in [0, 0.1) is 0 Å². The summed E-state index contributed by atoms with van der Waals surface area (Å²) in [4.78, 5) is 45.8. The summed E-state index contributed by atoms with van der Waals surface area (Å²) < 4.78 is 5.72. The molecule has 1 aromatic carbocycles. The molecule has 0 atom stereocenters. The fourth-order valence-corrected chi connectivity index (χ4v) is 3.46. The van der Waals surface area contributed by atoms with Crippen molar-refractivity contribution in [1.29, 1.82) is 0 Å². The van der Waals surface area contributed by atoms with Gasteiger partial charge in [0.2, 0.25) is 17.6 Å². The number of carbonyl (C=O) groups is 3. The molecule has 3 heterocycles. The van der Waals surface area contributed by atoms with Crippen LogP contribution >= 0.6 is 11.6 Å². The lowest BCUT2D eigenvalue weighted by atomic mass is 10.2. The minimum Gasteiger partial charge on any atom is -0.449 e. The Balaban J connectivity index is 1.36. The number of para-hydroxylation sites is 1. The van der Waals surface area contributed by atoms with Crippen molar-refractivity contribution < 1.29 is 18.8 Å². The summed E-state index contributed by atoms with van der Waals surface area (Å²) in [6, 6.07) is 15.6. The number of halogens is 1. The Morgan fingerprint density at radius 2 is 1.69 bits per heavy atom. The highest BCUT2D eigenvalue weighted by Gasteiger charge is 2.22. The lowest BCUT2D eigenvalue weighted by Crippen LogP contribution is -2.23. The summed E-state index contributed by atoms with van der Waals surface area (Å²) in [5.41, 5.74) is 1.47. The van der Waals surface area contributed by atoms with Crippen molar-refractivity contribution >= 4 is 51.8 Å². The average Bonchev–Trinajstić information content (AvgIpc) is 3.23. The van der Waals surface area contributed by atoms with Crippen molar-refractivity contribution in [2.75, 3.05) is 10.6 Å². The summed E-state index contributed by atoms with van der Waals surface area (Å²) in [6.45, 7) is 0.327. The van der Waals surface area contributed by atoms with Crippen molar-refractivity contribution in [2.24, 2.45) is 0 Å². The second-order valence-corrected chi connectivity index (χ2v) is 8.05. The first-order valence-corrected chi connectivity index (χ1v) is 11.3. The first-order valence-electron chi connectivity index (χ1n) is 10.9. The van der Waals surface area contributed by atoms with Gasteiger partial charge in [-0.2, -0.15) is 0 Å². The summed E-state index contributed by atoms with van der Waals surface area (Å²) in [5.74, 6) is -0.848. The zero-order valence-corrected chi connectivity index (χ0v) is 19.3. The Morgan fingerprint density at radius 3 is 2.46 bits per heavy atom. The highest BCUT2D eigenvalue weighted by molar-refractivity contribution is 6.30. The Morgan fingerprint density at radius 1 is 0.886 bits per heavy atom. The number of nitrogens with one attached hydrogen (secondary N) is 3. The van der Waals surface area contributed by atoms with Crippen molar-refractivity contribution in [3.63, 3.8) is 0 Å². The van der Waals surface area contributed by atoms with Crippen molar-refractivity contribution in [2.45, 2.75) is 25.8 Å². The Hall–Kier alpha value is -4.24. The monoisotopic (exact) mass is 491 g/mol. The maximum atomic E-state index is 12.9. The molecule has 9 nitrogen and oxygen atoms in total. The normalized spacial score (nSPS) is 10.7. The van der Waals surface area contributed by atoms with E-state index in [9.17, 15) is 14.4 Å². The summed E-state index contributed by atoms with van der Waals surface area (Å²) in [6.07, 6.45) is 3.68. The quantitative estimate of drug-likeness (QED) is 0.315. The van der Waals surface area contributed by atoms with Crippen LogP contribution in [-0.2, 0) is 16.1 Å². The van der Waals surface area contributed by atoms with Gasteiger partial charge in [-0.3, -0.25) is 19.4 Å². The molecule has 3 amide bonds. The van der Waals surface area contributed by atoms with Gasteiger partial charge >= 0.3 is 0 Å². The molecule has 0 fully saturated rings. The maximum absolute atomic E-state index is 12.9. The average molecular weight is 492 g/mol. The summed E-state index contributed by atoms with van der Waals surface area (Å²) in [5, 5.41) is 9.20. The van der Waals surface area contributed by atoms with Crippen LogP contribution in [0.5, 0.6) is 0 Å². The smallest absolute Gasteiger partial charge is 0.294 e. The van der Waals surface area contributed by atoms with Crippen LogP contribution in [0.25, 0.3) is 11.0 Å². The minimum absolute atomic E-state index is 0.0515. The molecular formula is C25H22ClN5O4. The van der Waals surface area contributed by atoms with Gasteiger partial charge in [-0.15, -0.1) is 0 Å². The van der Waals surface area contributed by atoms with E-state index >= 15 is 0 Å². The first kappa shape index (κ1) is 23.9. The molecule has 4 aromatic rings. The Kier molecular flexibility index (Phi) is 7.69. The molecule has 3 aromatic heterocycles. The molecule has 10 heteroatoms. The topological polar surface area (TPSA) is 126 Å². The van der Waals surface area contributed by atoms with E-state index in [-0.39, 0.29) is 41.9 Å². The number of aromatic nitrogens is 2. The second kappa shape index (κ2) is 11.3. The van der Waals surface area contributed by atoms with Gasteiger partial charge in [-0.05, 0) is 42.8 Å². The number of benzene rings is 1. The second-order valence-electron chi connectivity index (χ2n) is 7.62. The predicted molar refractivity (Wildman–Crippen MR) is 132 cm³/mol. The number of hydrogen-bond donors (Lipinski definition) is 3. The van der Waals surface area contributed by atoms with Crippen LogP contribution in [0.2, 0.25) is 5.02 Å². The van der Waals surface area contributed by atoms with Crippen LogP contribution in [0.3, 0.4) is 0 Å². The van der Waals surface area contributed by atoms with Crippen molar-refractivity contribution in [3.05, 3.63) is 83.5 Å². The molecule has 0 aliphatic heterocycles. The van der Waals surface area contributed by atoms with Gasteiger partial charge in [0.1, 0.15) is 17.1 Å². The zero-order valence-electron chi connectivity index (χ0n) is 18.6. The fourth-order valence-electron chi connectivity index (χ4n) is 3.34. The van der Waals surface area contributed by atoms with Gasteiger partial charge in [0, 0.05) is 30.6 Å². The third-order valence-electron chi connectivity index (χ3n) is 5.04. The molecule has 0 spiro atoms. The highest BCUT2D eigenvalue weighted by Crippen LogP contribution is 2.31. The number of fused-ring (bicyclic) bond motifs is 1. The van der Waals surface area contributed by atoms with Crippen LogP contribution in [0.4, 0.5) is 11.5 Å². The number of hydrogen-bond acceptors (Lipinski definition) is 6. The molecule has 0 radical (unpaired) electrons. The minimum atomic E-state index is -0.569. The van der Waals surface area contributed by atoms with E-state index in [1.165, 1.54) is 6.20 Å². The number of furan rings is 1. The molecule has 178 valence electrons. The molecule has 35 heavy (non-hydrogen) atoms. The molecular weight excluding hydrogens is 470 g/mol. The SMILES string of the molecule is O=C(CCCC(=O)Nc1c(C(=O)Nc2ccc(Cl)cn2)oc2ccccc12)NCc1ccccn1. The van der Waals surface area contributed by atoms with Crippen LogP contribution in [-0.4, -0.2) is 27.7 Å². The molecule has 0 bridgehead atoms. The van der Waals surface area contributed by atoms with Crippen molar-refractivity contribution in [1.82, 2.24) is 15.3 Å². The largest absolute Gasteiger partial charge is 0.449 e. The van der Waals surface area contributed by atoms with E-state index < -0.39 is 5.91 Å². The van der Waals surface area contributed by atoms with Gasteiger partial charge in [-0.25, -0.2) is 4.98 Å². The van der Waals surface area contributed by atoms with E-state index in [0.29, 0.717) is 29.0 Å². The van der Waals surface area contributed by atoms with Gasteiger partial charge in [0.25, 0.3) is 5.91 Å². The number of carbonyl (C=O) groups excluding carboxylic acids is 3. The molecule has 0 saturated heterocycles. The third-order valence-corrected chi connectivity index (χ3v) is 5.26. The number of rotatable bonds is 9. The number of anilines is 2. The summed E-state index contributed by atoms with van der Waals surface area (Å²) >= 11 is 5.84. The van der Waals surface area contributed by atoms with Gasteiger partial charge < -0.3 is 20.4 Å². The van der Waals surface area contributed by atoms with Gasteiger partial charge in [0.15, 0.2) is 0 Å². The van der Waals surface area contributed by atoms with E-state index in [2.05, 4.69) is 25.9 Å². The van der Waals surface area contributed by atoms with Crippen LogP contribution < -0.4 is 16.0 Å². The highest BCUT2D eigenvalue weighted by atomic mass is 35.5. The molecule has 4 rings (SSSR count). The number of pyridine rings is 2. The lowest BCUT2D eigenvalue weighted by molar-refractivity contribution is -0.121. The Labute approximate surface area is 205 Å². The van der Waals surface area contributed by atoms with Gasteiger partial charge in [-0.1, -0.05) is 29.8 Å². The molecule has 0 unspecified atom stereocenters. The first-order chi connectivity index (χ1) is 17.0. The molecule has 3 N–H and O–H groups in total. The standard InChI is InChI=1S/C25H22ClN5O4/c26-16-11-12-20(28-14-16)30-25(34)24-23(18-7-1-2-8-19(18)35-24)31-22(33)10-5-9-21(32)29-15-17-6-3-4-13-27-17/h1-4,6-8,11-14H,5,9-10,15H2,(H,29,32)(H,31,33)(H,28,30,34). The summed E-state index contributed by atoms with van der Waals surface area (Å²) in [7, 11) is 0. The van der Waals surface area contributed by atoms with Crippen LogP contribution in [0.1, 0.15) is 35.5 Å². The maximum Gasteiger partial charge on any atom is 0.294 e. The molecule has 0 aliphatic rings. The lowest BCUT2D eigenvalue weighted by Gasteiger charge is -2.08. The van der Waals surface area contributed by atoms with E-state index in [4.69, 9.17) is 16.0 Å². The fraction of sp³-hybridized carbons (Fsp3) is 0.160. The van der Waals surface area contributed by atoms with E-state index in [0.717, 1.165) is 5.69 Å². The third kappa shape index (κ3) is 6.42. The zero-order chi connectivity index (χ0) is 24.6. The Bertz CT molecular complexity index is 1340.